The van der Waals surface area contributed by atoms with Gasteiger partial charge in [-0.15, -0.1) is 0 Å². The second kappa shape index (κ2) is 9.41. The van der Waals surface area contributed by atoms with Crippen LogP contribution in [0.5, 0.6) is 5.75 Å². The zero-order valence-electron chi connectivity index (χ0n) is 15.7. The molecule has 2 aromatic carbocycles. The zero-order valence-corrected chi connectivity index (χ0v) is 17.2. The van der Waals surface area contributed by atoms with Crippen molar-refractivity contribution in [2.45, 2.75) is 13.5 Å². The van der Waals surface area contributed by atoms with E-state index in [1.54, 1.807) is 23.1 Å². The highest BCUT2D eigenvalue weighted by Crippen LogP contribution is 2.23. The molecule has 7 heteroatoms. The molecular weight excluding hydrogens is 399 g/mol. The number of hydrogen-bond acceptors (Lipinski definition) is 4. The largest absolute Gasteiger partial charge is 0.483 e. The highest BCUT2D eigenvalue weighted by Gasteiger charge is 2.22. The minimum absolute atomic E-state index is 0.0874. The van der Waals surface area contributed by atoms with E-state index in [4.69, 9.17) is 27.9 Å². The normalized spacial score (nSPS) is 14.8. The van der Waals surface area contributed by atoms with Gasteiger partial charge < -0.3 is 9.64 Å². The third-order valence-electron chi connectivity index (χ3n) is 4.72. The van der Waals surface area contributed by atoms with Gasteiger partial charge in [0.15, 0.2) is 12.4 Å². The van der Waals surface area contributed by atoms with E-state index in [0.29, 0.717) is 29.4 Å². The monoisotopic (exact) mass is 420 g/mol. The van der Waals surface area contributed by atoms with Gasteiger partial charge in [0.1, 0.15) is 5.75 Å². The summed E-state index contributed by atoms with van der Waals surface area (Å²) in [6.07, 6.45) is 0. The first-order valence-corrected chi connectivity index (χ1v) is 9.86. The molecule has 1 fully saturated rings. The second-order valence-electron chi connectivity index (χ2n) is 6.77. The van der Waals surface area contributed by atoms with E-state index in [0.717, 1.165) is 24.7 Å². The molecule has 1 amide bonds. The SMILES string of the molecule is CC(=O)c1cc(Cl)ccc1OCC(=O)N1CCN(Cc2ccc(Cl)cc2)CC1. The number of carbonyl (C=O) groups excluding carboxylic acids is 2. The van der Waals surface area contributed by atoms with Crippen molar-refractivity contribution in [3.05, 3.63) is 63.6 Å². The summed E-state index contributed by atoms with van der Waals surface area (Å²) in [4.78, 5) is 28.3. The molecule has 3 rings (SSSR count). The molecular formula is C21H22Cl2N2O3. The van der Waals surface area contributed by atoms with Crippen LogP contribution in [0.4, 0.5) is 0 Å². The molecule has 28 heavy (non-hydrogen) atoms. The van der Waals surface area contributed by atoms with Gasteiger partial charge in [0.2, 0.25) is 0 Å². The van der Waals surface area contributed by atoms with Crippen molar-refractivity contribution in [3.63, 3.8) is 0 Å². The van der Waals surface area contributed by atoms with Crippen LogP contribution >= 0.6 is 23.2 Å². The van der Waals surface area contributed by atoms with Crippen LogP contribution in [0.15, 0.2) is 42.5 Å². The van der Waals surface area contributed by atoms with Gasteiger partial charge in [0.25, 0.3) is 5.91 Å². The lowest BCUT2D eigenvalue weighted by molar-refractivity contribution is -0.135. The van der Waals surface area contributed by atoms with Crippen molar-refractivity contribution >= 4 is 34.9 Å². The molecule has 0 radical (unpaired) electrons. The summed E-state index contributed by atoms with van der Waals surface area (Å²) < 4.78 is 5.61. The Hall–Kier alpha value is -2.08. The molecule has 2 aromatic rings. The summed E-state index contributed by atoms with van der Waals surface area (Å²) in [7, 11) is 0. The lowest BCUT2D eigenvalue weighted by Gasteiger charge is -2.34. The Morgan fingerprint density at radius 3 is 2.25 bits per heavy atom. The van der Waals surface area contributed by atoms with Gasteiger partial charge in [-0.25, -0.2) is 0 Å². The predicted molar refractivity (Wildman–Crippen MR) is 110 cm³/mol. The molecule has 148 valence electrons. The van der Waals surface area contributed by atoms with Crippen LogP contribution in [0.2, 0.25) is 10.0 Å². The maximum absolute atomic E-state index is 12.5. The maximum Gasteiger partial charge on any atom is 0.260 e. The third-order valence-corrected chi connectivity index (χ3v) is 5.20. The average Bonchev–Trinajstić information content (AvgIpc) is 2.69. The topological polar surface area (TPSA) is 49.9 Å². The van der Waals surface area contributed by atoms with Crippen LogP contribution in [0.25, 0.3) is 0 Å². The molecule has 1 aliphatic heterocycles. The van der Waals surface area contributed by atoms with Gasteiger partial charge in [-0.2, -0.15) is 0 Å². The van der Waals surface area contributed by atoms with Gasteiger partial charge in [0.05, 0.1) is 5.56 Å². The molecule has 1 heterocycles. The van der Waals surface area contributed by atoms with Gasteiger partial charge in [-0.05, 0) is 42.8 Å². The Morgan fingerprint density at radius 2 is 1.61 bits per heavy atom. The molecule has 1 saturated heterocycles. The summed E-state index contributed by atoms with van der Waals surface area (Å²) in [6, 6.07) is 12.6. The van der Waals surface area contributed by atoms with E-state index in [2.05, 4.69) is 4.90 Å². The van der Waals surface area contributed by atoms with E-state index < -0.39 is 0 Å². The number of ketones is 1. The first-order chi connectivity index (χ1) is 13.4. The Labute approximate surface area is 174 Å². The van der Waals surface area contributed by atoms with Crippen LogP contribution in [0.3, 0.4) is 0 Å². The van der Waals surface area contributed by atoms with Crippen molar-refractivity contribution in [1.29, 1.82) is 0 Å². The van der Waals surface area contributed by atoms with Crippen LogP contribution in [-0.2, 0) is 11.3 Å². The Balaban J connectivity index is 1.49. The van der Waals surface area contributed by atoms with Gasteiger partial charge in [-0.1, -0.05) is 35.3 Å². The van der Waals surface area contributed by atoms with Gasteiger partial charge in [0, 0.05) is 42.8 Å². The maximum atomic E-state index is 12.5. The molecule has 0 aliphatic carbocycles. The van der Waals surface area contributed by atoms with E-state index in [1.165, 1.54) is 12.5 Å². The smallest absolute Gasteiger partial charge is 0.260 e. The fourth-order valence-electron chi connectivity index (χ4n) is 3.14. The molecule has 0 spiro atoms. The minimum Gasteiger partial charge on any atom is -0.483 e. The summed E-state index contributed by atoms with van der Waals surface area (Å²) in [6.45, 7) is 5.08. The standard InChI is InChI=1S/C21H22Cl2N2O3/c1-15(26)19-12-18(23)6-7-20(19)28-14-21(27)25-10-8-24(9-11-25)13-16-2-4-17(22)5-3-16/h2-7,12H,8-11,13-14H2,1H3. The molecule has 5 nitrogen and oxygen atoms in total. The fourth-order valence-corrected chi connectivity index (χ4v) is 3.44. The van der Waals surface area contributed by atoms with E-state index in [9.17, 15) is 9.59 Å². The summed E-state index contributed by atoms with van der Waals surface area (Å²) >= 11 is 11.9. The Kier molecular flexibility index (Phi) is 6.94. The average molecular weight is 421 g/mol. The van der Waals surface area contributed by atoms with Crippen molar-refractivity contribution in [2.75, 3.05) is 32.8 Å². The number of ether oxygens (including phenoxy) is 1. The Bertz CT molecular complexity index is 847. The molecule has 0 atom stereocenters. The lowest BCUT2D eigenvalue weighted by Crippen LogP contribution is -2.49. The molecule has 0 aromatic heterocycles. The quantitative estimate of drug-likeness (QED) is 0.664. The number of hydrogen-bond donors (Lipinski definition) is 0. The van der Waals surface area contributed by atoms with Crippen LogP contribution in [0.1, 0.15) is 22.8 Å². The van der Waals surface area contributed by atoms with Crippen molar-refractivity contribution < 1.29 is 14.3 Å². The zero-order chi connectivity index (χ0) is 20.1. The van der Waals surface area contributed by atoms with Crippen molar-refractivity contribution in [3.8, 4) is 5.75 Å². The van der Waals surface area contributed by atoms with Crippen LogP contribution in [-0.4, -0.2) is 54.3 Å². The van der Waals surface area contributed by atoms with Gasteiger partial charge >= 0.3 is 0 Å². The molecule has 0 saturated carbocycles. The number of piperazine rings is 1. The van der Waals surface area contributed by atoms with Crippen LogP contribution in [0, 0.1) is 0 Å². The summed E-state index contributed by atoms with van der Waals surface area (Å²) in [5.74, 6) is 0.142. The minimum atomic E-state index is -0.152. The predicted octanol–water partition coefficient (Wildman–Crippen LogP) is 3.92. The number of nitrogens with zero attached hydrogens (tertiary/aromatic N) is 2. The highest BCUT2D eigenvalue weighted by molar-refractivity contribution is 6.31. The number of carbonyl (C=O) groups is 2. The molecule has 0 N–H and O–H groups in total. The van der Waals surface area contributed by atoms with Crippen molar-refractivity contribution in [1.82, 2.24) is 9.80 Å². The molecule has 1 aliphatic rings. The fraction of sp³-hybridized carbons (Fsp3) is 0.333. The summed E-state index contributed by atoms with van der Waals surface area (Å²) in [5, 5.41) is 1.19. The number of amides is 1. The van der Waals surface area contributed by atoms with E-state index in [1.807, 2.05) is 24.3 Å². The van der Waals surface area contributed by atoms with E-state index in [-0.39, 0.29) is 18.3 Å². The van der Waals surface area contributed by atoms with Gasteiger partial charge in [-0.3, -0.25) is 14.5 Å². The first kappa shape index (κ1) is 20.6. The van der Waals surface area contributed by atoms with E-state index >= 15 is 0 Å². The first-order valence-electron chi connectivity index (χ1n) is 9.10. The molecule has 0 unspecified atom stereocenters. The van der Waals surface area contributed by atoms with Crippen molar-refractivity contribution in [2.24, 2.45) is 0 Å². The van der Waals surface area contributed by atoms with Crippen LogP contribution < -0.4 is 4.74 Å². The second-order valence-corrected chi connectivity index (χ2v) is 7.64. The summed E-state index contributed by atoms with van der Waals surface area (Å²) in [5.41, 5.74) is 1.58. The lowest BCUT2D eigenvalue weighted by atomic mass is 10.1. The number of Topliss-reactive ketones (excluding diaryl/α,β-unsaturated/α-hetero) is 1. The number of benzene rings is 2. The Morgan fingerprint density at radius 1 is 0.964 bits per heavy atom. The molecule has 0 bridgehead atoms. The third kappa shape index (κ3) is 5.47. The highest BCUT2D eigenvalue weighted by atomic mass is 35.5. The number of halogens is 2. The number of rotatable bonds is 6.